The molecule has 1 heterocycles. The molecule has 0 aromatic heterocycles. The minimum atomic E-state index is 0. The molecule has 0 aliphatic carbocycles. The quantitative estimate of drug-likeness (QED) is 0.200. The molecule has 0 atom stereocenters. The molecule has 1 saturated heterocycles. The van der Waals surface area contributed by atoms with Gasteiger partial charge >= 0.3 is 0 Å². The maximum atomic E-state index is 12.1. The van der Waals surface area contributed by atoms with Crippen LogP contribution >= 0.6 is 0 Å². The molecule has 0 bridgehead atoms. The molecule has 1 aliphatic heterocycles. The van der Waals surface area contributed by atoms with Crippen LogP contribution in [0.1, 0.15) is 122 Å². The first kappa shape index (κ1) is 32.2. The van der Waals surface area contributed by atoms with Crippen molar-refractivity contribution in [1.29, 1.82) is 0 Å². The van der Waals surface area contributed by atoms with Crippen molar-refractivity contribution in [2.75, 3.05) is 40.4 Å². The Morgan fingerprint density at radius 3 is 1.79 bits per heavy atom. The van der Waals surface area contributed by atoms with Crippen molar-refractivity contribution in [3.63, 3.8) is 0 Å². The zero-order chi connectivity index (χ0) is 23.5. The Morgan fingerprint density at radius 2 is 1.33 bits per heavy atom. The summed E-state index contributed by atoms with van der Waals surface area (Å²) >= 11 is 0. The molecule has 0 saturated carbocycles. The van der Waals surface area contributed by atoms with Gasteiger partial charge in [-0.15, -0.1) is 0 Å². The number of amides is 2. The van der Waals surface area contributed by atoms with Crippen LogP contribution in [0.15, 0.2) is 0 Å². The molecular formula is C27H54ClN3O2. The summed E-state index contributed by atoms with van der Waals surface area (Å²) in [6, 6.07) is 0. The van der Waals surface area contributed by atoms with Crippen molar-refractivity contribution < 1.29 is 26.5 Å². The number of rotatable bonds is 21. The smallest absolute Gasteiger partial charge is 0.226 e. The SMILES string of the molecule is CCCCCCCCCCCCCCCCCC(=O)NCC[N+](C)(C)CN1CCCC1=O.[Cl-]. The number of likely N-dealkylation sites (N-methyl/N-ethyl adjacent to an activating group) is 1. The van der Waals surface area contributed by atoms with E-state index in [1.807, 2.05) is 4.90 Å². The fraction of sp³-hybridized carbons (Fsp3) is 0.926. The molecule has 5 nitrogen and oxygen atoms in total. The molecule has 0 spiro atoms. The van der Waals surface area contributed by atoms with Gasteiger partial charge < -0.3 is 22.2 Å². The number of carbonyl (C=O) groups is 2. The number of hydrogen-bond acceptors (Lipinski definition) is 2. The Morgan fingerprint density at radius 1 is 0.848 bits per heavy atom. The number of hydrogen-bond donors (Lipinski definition) is 1. The van der Waals surface area contributed by atoms with Gasteiger partial charge in [-0.3, -0.25) is 14.5 Å². The summed E-state index contributed by atoms with van der Waals surface area (Å²) in [4.78, 5) is 25.8. The van der Waals surface area contributed by atoms with Crippen molar-refractivity contribution in [2.24, 2.45) is 0 Å². The maximum absolute atomic E-state index is 12.1. The fourth-order valence-corrected chi connectivity index (χ4v) is 4.63. The van der Waals surface area contributed by atoms with Gasteiger partial charge in [0, 0.05) is 19.4 Å². The van der Waals surface area contributed by atoms with Crippen LogP contribution in [0.25, 0.3) is 0 Å². The number of quaternary nitrogens is 1. The number of nitrogens with one attached hydrogen (secondary N) is 1. The Balaban J connectivity index is 0.0000102. The van der Waals surface area contributed by atoms with Gasteiger partial charge in [-0.2, -0.15) is 0 Å². The minimum Gasteiger partial charge on any atom is -1.00 e. The predicted molar refractivity (Wildman–Crippen MR) is 135 cm³/mol. The highest BCUT2D eigenvalue weighted by Gasteiger charge is 2.27. The minimum absolute atomic E-state index is 0. The number of carbonyl (C=O) groups excluding carboxylic acids is 2. The summed E-state index contributed by atoms with van der Waals surface area (Å²) in [5, 5.41) is 3.07. The summed E-state index contributed by atoms with van der Waals surface area (Å²) in [6.07, 6.45) is 22.5. The molecular weight excluding hydrogens is 434 g/mol. The number of likely N-dealkylation sites (tertiary alicyclic amines) is 1. The molecule has 1 fully saturated rings. The fourth-order valence-electron chi connectivity index (χ4n) is 4.63. The van der Waals surface area contributed by atoms with Gasteiger partial charge in [0.25, 0.3) is 0 Å². The molecule has 0 unspecified atom stereocenters. The van der Waals surface area contributed by atoms with Gasteiger partial charge in [0.15, 0.2) is 6.67 Å². The third kappa shape index (κ3) is 18.2. The lowest BCUT2D eigenvalue weighted by Gasteiger charge is -2.33. The van der Waals surface area contributed by atoms with E-state index in [9.17, 15) is 9.59 Å². The molecule has 0 aromatic rings. The molecule has 196 valence electrons. The highest BCUT2D eigenvalue weighted by molar-refractivity contribution is 5.77. The summed E-state index contributed by atoms with van der Waals surface area (Å²) in [5.74, 6) is 0.449. The largest absolute Gasteiger partial charge is 1.00 e. The van der Waals surface area contributed by atoms with Crippen LogP contribution in [-0.2, 0) is 9.59 Å². The van der Waals surface area contributed by atoms with Crippen LogP contribution in [0.5, 0.6) is 0 Å². The molecule has 33 heavy (non-hydrogen) atoms. The zero-order valence-electron chi connectivity index (χ0n) is 22.1. The van der Waals surface area contributed by atoms with Crippen LogP contribution < -0.4 is 17.7 Å². The van der Waals surface area contributed by atoms with E-state index in [0.29, 0.717) is 19.4 Å². The lowest BCUT2D eigenvalue weighted by molar-refractivity contribution is -0.897. The van der Waals surface area contributed by atoms with Gasteiger partial charge in [-0.25, -0.2) is 0 Å². The predicted octanol–water partition coefficient (Wildman–Crippen LogP) is 3.02. The van der Waals surface area contributed by atoms with E-state index < -0.39 is 0 Å². The first-order valence-corrected chi connectivity index (χ1v) is 13.8. The average molecular weight is 488 g/mol. The third-order valence-electron chi connectivity index (χ3n) is 6.77. The third-order valence-corrected chi connectivity index (χ3v) is 6.77. The van der Waals surface area contributed by atoms with E-state index in [1.165, 1.54) is 89.9 Å². The average Bonchev–Trinajstić information content (AvgIpc) is 3.14. The Hall–Kier alpha value is -0.810. The van der Waals surface area contributed by atoms with E-state index in [-0.39, 0.29) is 24.2 Å². The second-order valence-electron chi connectivity index (χ2n) is 10.6. The number of halogens is 1. The molecule has 2 amide bonds. The second-order valence-corrected chi connectivity index (χ2v) is 10.6. The van der Waals surface area contributed by atoms with E-state index in [4.69, 9.17) is 0 Å². The van der Waals surface area contributed by atoms with Crippen LogP contribution in [0.3, 0.4) is 0 Å². The van der Waals surface area contributed by atoms with Crippen LogP contribution in [0.4, 0.5) is 0 Å². The van der Waals surface area contributed by atoms with Gasteiger partial charge in [-0.05, 0) is 12.8 Å². The molecule has 1 N–H and O–H groups in total. The topological polar surface area (TPSA) is 49.4 Å². The summed E-state index contributed by atoms with van der Waals surface area (Å²) in [5.41, 5.74) is 0. The van der Waals surface area contributed by atoms with Crippen molar-refractivity contribution in [3.8, 4) is 0 Å². The molecule has 1 rings (SSSR count). The zero-order valence-corrected chi connectivity index (χ0v) is 22.9. The first-order chi connectivity index (χ1) is 15.4. The highest BCUT2D eigenvalue weighted by Crippen LogP contribution is 2.14. The monoisotopic (exact) mass is 487 g/mol. The Bertz CT molecular complexity index is 500. The van der Waals surface area contributed by atoms with Crippen molar-refractivity contribution in [2.45, 2.75) is 122 Å². The van der Waals surface area contributed by atoms with Crippen LogP contribution in [0, 0.1) is 0 Å². The standard InChI is InChI=1S/C27H53N3O2.ClH/c1-4-5-6-7-8-9-10-11-12-13-14-15-16-17-18-20-26(31)28-22-24-30(2,3)25-29-23-19-21-27(29)32;/h4-25H2,1-3H3;1H. The summed E-state index contributed by atoms with van der Waals surface area (Å²) in [6.45, 7) is 5.45. The van der Waals surface area contributed by atoms with E-state index in [0.717, 1.165) is 37.1 Å². The molecule has 0 aromatic carbocycles. The normalized spacial score (nSPS) is 13.9. The summed E-state index contributed by atoms with van der Waals surface area (Å²) in [7, 11) is 4.26. The van der Waals surface area contributed by atoms with Crippen molar-refractivity contribution in [3.05, 3.63) is 0 Å². The molecule has 6 heteroatoms. The van der Waals surface area contributed by atoms with Crippen molar-refractivity contribution in [1.82, 2.24) is 10.2 Å². The van der Waals surface area contributed by atoms with Crippen LogP contribution in [0.2, 0.25) is 0 Å². The van der Waals surface area contributed by atoms with Crippen LogP contribution in [-0.4, -0.2) is 61.6 Å². The van der Waals surface area contributed by atoms with E-state index >= 15 is 0 Å². The summed E-state index contributed by atoms with van der Waals surface area (Å²) < 4.78 is 0.741. The lowest BCUT2D eigenvalue weighted by atomic mass is 10.0. The lowest BCUT2D eigenvalue weighted by Crippen LogP contribution is -3.00. The van der Waals surface area contributed by atoms with E-state index in [2.05, 4.69) is 26.3 Å². The number of unbranched alkanes of at least 4 members (excludes halogenated alkanes) is 14. The Kier molecular flexibility index (Phi) is 20.0. The van der Waals surface area contributed by atoms with Gasteiger partial charge in [0.05, 0.1) is 27.2 Å². The van der Waals surface area contributed by atoms with Gasteiger partial charge in [-0.1, -0.05) is 96.8 Å². The maximum Gasteiger partial charge on any atom is 0.226 e. The van der Waals surface area contributed by atoms with Crippen molar-refractivity contribution >= 4 is 11.8 Å². The van der Waals surface area contributed by atoms with Gasteiger partial charge in [0.1, 0.15) is 0 Å². The molecule has 0 radical (unpaired) electrons. The van der Waals surface area contributed by atoms with Gasteiger partial charge in [0.2, 0.25) is 11.8 Å². The second kappa shape index (κ2) is 20.6. The molecule has 1 aliphatic rings. The Labute approximate surface area is 211 Å². The van der Waals surface area contributed by atoms with E-state index in [1.54, 1.807) is 0 Å². The first-order valence-electron chi connectivity index (χ1n) is 13.8. The highest BCUT2D eigenvalue weighted by atomic mass is 35.5. The number of nitrogens with zero attached hydrogens (tertiary/aromatic N) is 2.